The van der Waals surface area contributed by atoms with Gasteiger partial charge < -0.3 is 20.3 Å². The fourth-order valence-electron chi connectivity index (χ4n) is 1.53. The van der Waals surface area contributed by atoms with E-state index in [1.54, 1.807) is 45.0 Å². The van der Waals surface area contributed by atoms with Gasteiger partial charge in [-0.05, 0) is 38.5 Å². The minimum absolute atomic E-state index is 0.122. The number of alkyl carbamates (subject to hydrolysis) is 1. The minimum Gasteiger partial charge on any atom is -0.444 e. The Hall–Kier alpha value is -1.30. The third-order valence-electron chi connectivity index (χ3n) is 2.41. The molecule has 3 N–H and O–H groups in total. The third kappa shape index (κ3) is 5.77. The average molecular weight is 302 g/mol. The summed E-state index contributed by atoms with van der Waals surface area (Å²) in [4.78, 5) is 11.4. The lowest BCUT2D eigenvalue weighted by molar-refractivity contribution is 0.0129. The fraction of sp³-hybridized carbons (Fsp3) is 0.500. The third-order valence-corrected chi connectivity index (χ3v) is 2.64. The van der Waals surface area contributed by atoms with Crippen molar-refractivity contribution in [1.82, 2.24) is 5.32 Å². The van der Waals surface area contributed by atoms with E-state index in [4.69, 9.17) is 16.3 Å². The lowest BCUT2D eigenvalue weighted by atomic mass is 10.0. The van der Waals surface area contributed by atoms with Crippen molar-refractivity contribution in [1.29, 1.82) is 0 Å². The first-order valence-corrected chi connectivity index (χ1v) is 6.65. The van der Waals surface area contributed by atoms with Crippen molar-refractivity contribution in [3.05, 3.63) is 34.9 Å². The van der Waals surface area contributed by atoms with Crippen LogP contribution in [0.3, 0.4) is 0 Å². The summed E-state index contributed by atoms with van der Waals surface area (Å²) in [5, 5.41) is 22.7. The summed E-state index contributed by atoms with van der Waals surface area (Å²) in [5.41, 5.74) is -0.128. The molecule has 0 saturated heterocycles. The van der Waals surface area contributed by atoms with Crippen LogP contribution in [0, 0.1) is 0 Å². The number of nitrogens with one attached hydrogen (secondary N) is 1. The van der Waals surface area contributed by atoms with E-state index in [9.17, 15) is 15.0 Å². The highest BCUT2D eigenvalue weighted by atomic mass is 35.5. The van der Waals surface area contributed by atoms with Crippen LogP contribution in [-0.2, 0) is 4.74 Å². The average Bonchev–Trinajstić information content (AvgIpc) is 2.33. The van der Waals surface area contributed by atoms with Gasteiger partial charge in [0.1, 0.15) is 17.8 Å². The van der Waals surface area contributed by atoms with Crippen LogP contribution < -0.4 is 5.32 Å². The van der Waals surface area contributed by atoms with Gasteiger partial charge in [-0.3, -0.25) is 0 Å². The second-order valence-corrected chi connectivity index (χ2v) is 5.89. The molecule has 1 aromatic rings. The lowest BCUT2D eigenvalue weighted by Gasteiger charge is -2.22. The topological polar surface area (TPSA) is 78.8 Å². The summed E-state index contributed by atoms with van der Waals surface area (Å²) in [7, 11) is 0. The van der Waals surface area contributed by atoms with E-state index in [2.05, 4.69) is 5.32 Å². The van der Waals surface area contributed by atoms with Crippen LogP contribution in [0.4, 0.5) is 4.79 Å². The van der Waals surface area contributed by atoms with Gasteiger partial charge in [0, 0.05) is 11.6 Å². The molecule has 0 bridgehead atoms. The molecular weight excluding hydrogens is 282 g/mol. The molecule has 0 heterocycles. The molecule has 112 valence electrons. The first-order chi connectivity index (χ1) is 9.19. The van der Waals surface area contributed by atoms with Crippen LogP contribution >= 0.6 is 11.6 Å². The van der Waals surface area contributed by atoms with Gasteiger partial charge in [0.25, 0.3) is 0 Å². The van der Waals surface area contributed by atoms with Gasteiger partial charge in [-0.15, -0.1) is 0 Å². The van der Waals surface area contributed by atoms with Crippen LogP contribution in [0.2, 0.25) is 5.02 Å². The SMILES string of the molecule is CC(C)(C)OC(=O)NCC(O)C(O)c1cccc(Cl)c1. The van der Waals surface area contributed by atoms with E-state index >= 15 is 0 Å². The zero-order chi connectivity index (χ0) is 15.3. The number of hydrogen-bond donors (Lipinski definition) is 3. The second kappa shape index (κ2) is 6.92. The van der Waals surface area contributed by atoms with Gasteiger partial charge >= 0.3 is 6.09 Å². The van der Waals surface area contributed by atoms with Gasteiger partial charge in [0.2, 0.25) is 0 Å². The summed E-state index contributed by atoms with van der Waals surface area (Å²) < 4.78 is 5.03. The van der Waals surface area contributed by atoms with Gasteiger partial charge in [-0.25, -0.2) is 4.79 Å². The van der Waals surface area contributed by atoms with E-state index < -0.39 is 23.9 Å². The van der Waals surface area contributed by atoms with Crippen LogP contribution in [0.25, 0.3) is 0 Å². The van der Waals surface area contributed by atoms with Crippen LogP contribution in [-0.4, -0.2) is 34.6 Å². The van der Waals surface area contributed by atoms with Crippen molar-refractivity contribution < 1.29 is 19.7 Å². The molecule has 0 fully saturated rings. The zero-order valence-corrected chi connectivity index (χ0v) is 12.5. The molecule has 5 nitrogen and oxygen atoms in total. The van der Waals surface area contributed by atoms with Crippen molar-refractivity contribution in [2.24, 2.45) is 0 Å². The van der Waals surface area contributed by atoms with Crippen LogP contribution in [0.1, 0.15) is 32.4 Å². The van der Waals surface area contributed by atoms with Crippen molar-refractivity contribution in [3.8, 4) is 0 Å². The van der Waals surface area contributed by atoms with Crippen molar-refractivity contribution in [2.75, 3.05) is 6.54 Å². The maximum absolute atomic E-state index is 11.4. The maximum Gasteiger partial charge on any atom is 0.407 e. The Labute approximate surface area is 123 Å². The van der Waals surface area contributed by atoms with Gasteiger partial charge in [-0.2, -0.15) is 0 Å². The smallest absolute Gasteiger partial charge is 0.407 e. The number of amides is 1. The summed E-state index contributed by atoms with van der Waals surface area (Å²) in [6.45, 7) is 5.10. The zero-order valence-electron chi connectivity index (χ0n) is 11.8. The molecule has 0 aliphatic carbocycles. The molecule has 0 aliphatic heterocycles. The molecule has 0 aromatic heterocycles. The predicted octanol–water partition coefficient (Wildman–Crippen LogP) is 2.26. The quantitative estimate of drug-likeness (QED) is 0.797. The Kier molecular flexibility index (Phi) is 5.80. The van der Waals surface area contributed by atoms with Crippen molar-refractivity contribution in [3.63, 3.8) is 0 Å². The summed E-state index contributed by atoms with van der Waals surface area (Å²) >= 11 is 5.81. The number of ether oxygens (including phenoxy) is 1. The highest BCUT2D eigenvalue weighted by molar-refractivity contribution is 6.30. The molecule has 2 unspecified atom stereocenters. The Morgan fingerprint density at radius 3 is 2.60 bits per heavy atom. The summed E-state index contributed by atoms with van der Waals surface area (Å²) in [6.07, 6.45) is -2.93. The van der Waals surface area contributed by atoms with Crippen LogP contribution in [0.15, 0.2) is 24.3 Å². The molecular formula is C14H20ClNO4. The predicted molar refractivity (Wildman–Crippen MR) is 76.7 cm³/mol. The summed E-state index contributed by atoms with van der Waals surface area (Å²) in [6, 6.07) is 6.55. The summed E-state index contributed by atoms with van der Waals surface area (Å²) in [5.74, 6) is 0. The first kappa shape index (κ1) is 16.8. The fourth-order valence-corrected chi connectivity index (χ4v) is 1.73. The number of rotatable bonds is 4. The van der Waals surface area contributed by atoms with Crippen LogP contribution in [0.5, 0.6) is 0 Å². The van der Waals surface area contributed by atoms with E-state index in [0.717, 1.165) is 0 Å². The standard InChI is InChI=1S/C14H20ClNO4/c1-14(2,3)20-13(19)16-8-11(17)12(18)9-5-4-6-10(15)7-9/h4-7,11-12,17-18H,8H2,1-3H3,(H,16,19). The molecule has 0 spiro atoms. The molecule has 6 heteroatoms. The number of benzene rings is 1. The Morgan fingerprint density at radius 1 is 1.40 bits per heavy atom. The number of halogens is 1. The van der Waals surface area contributed by atoms with Crippen molar-refractivity contribution >= 4 is 17.7 Å². The number of aliphatic hydroxyl groups excluding tert-OH is 2. The number of carbonyl (C=O) groups is 1. The Balaban J connectivity index is 2.50. The van der Waals surface area contributed by atoms with Gasteiger partial charge in [0.15, 0.2) is 0 Å². The maximum atomic E-state index is 11.4. The molecule has 1 amide bonds. The second-order valence-electron chi connectivity index (χ2n) is 5.45. The van der Waals surface area contributed by atoms with E-state index in [-0.39, 0.29) is 6.54 Å². The molecule has 1 aromatic carbocycles. The van der Waals surface area contributed by atoms with Crippen molar-refractivity contribution in [2.45, 2.75) is 38.6 Å². The van der Waals surface area contributed by atoms with E-state index in [1.165, 1.54) is 0 Å². The number of carbonyl (C=O) groups excluding carboxylic acids is 1. The lowest BCUT2D eigenvalue weighted by Crippen LogP contribution is -2.38. The minimum atomic E-state index is -1.15. The molecule has 0 aliphatic rings. The molecule has 2 atom stereocenters. The molecule has 0 saturated carbocycles. The monoisotopic (exact) mass is 301 g/mol. The van der Waals surface area contributed by atoms with E-state index in [1.807, 2.05) is 0 Å². The normalized spacial score (nSPS) is 14.5. The number of hydrogen-bond acceptors (Lipinski definition) is 4. The molecule has 1 rings (SSSR count). The molecule has 20 heavy (non-hydrogen) atoms. The van der Waals surface area contributed by atoms with Gasteiger partial charge in [0.05, 0.1) is 0 Å². The first-order valence-electron chi connectivity index (χ1n) is 6.27. The van der Waals surface area contributed by atoms with E-state index in [0.29, 0.717) is 10.6 Å². The molecule has 0 radical (unpaired) electrons. The van der Waals surface area contributed by atoms with Gasteiger partial charge in [-0.1, -0.05) is 23.7 Å². The largest absolute Gasteiger partial charge is 0.444 e. The Morgan fingerprint density at radius 2 is 2.05 bits per heavy atom. The highest BCUT2D eigenvalue weighted by Crippen LogP contribution is 2.20. The number of aliphatic hydroxyl groups is 2. The highest BCUT2D eigenvalue weighted by Gasteiger charge is 2.21. The Bertz CT molecular complexity index is 459.